The first-order valence-corrected chi connectivity index (χ1v) is 5.13. The summed E-state index contributed by atoms with van der Waals surface area (Å²) in [6, 6.07) is 4.67. The van der Waals surface area contributed by atoms with Crippen LogP contribution in [0.3, 0.4) is 0 Å². The number of hydrogen-bond donors (Lipinski definition) is 1. The summed E-state index contributed by atoms with van der Waals surface area (Å²) in [5, 5.41) is 8.53. The number of hydrogen-bond acceptors (Lipinski definition) is 1. The average molecular weight is 231 g/mol. The van der Waals surface area contributed by atoms with E-state index in [0.717, 1.165) is 12.0 Å². The quantitative estimate of drug-likeness (QED) is 0.789. The molecule has 1 rings (SSSR count). The van der Waals surface area contributed by atoms with Gasteiger partial charge in [-0.15, -0.1) is 0 Å². The highest BCUT2D eigenvalue weighted by Crippen LogP contribution is 2.17. The largest absolute Gasteiger partial charge is 0.481 e. The molecule has 0 saturated heterocycles. The van der Waals surface area contributed by atoms with Crippen LogP contribution >= 0.6 is 11.6 Å². The molecule has 0 radical (unpaired) electrons. The molecule has 1 aromatic carbocycles. The molecule has 0 aliphatic heterocycles. The second-order valence-electron chi connectivity index (χ2n) is 3.35. The summed E-state index contributed by atoms with van der Waals surface area (Å²) < 4.78 is 13.0. The minimum absolute atomic E-state index is 0.115. The number of unbranched alkanes of at least 4 members (excludes halogenated alkanes) is 1. The van der Waals surface area contributed by atoms with Crippen molar-refractivity contribution in [2.75, 3.05) is 0 Å². The van der Waals surface area contributed by atoms with E-state index < -0.39 is 11.8 Å². The molecule has 0 saturated carbocycles. The van der Waals surface area contributed by atoms with Gasteiger partial charge in [0.25, 0.3) is 0 Å². The first-order chi connectivity index (χ1) is 7.09. The van der Waals surface area contributed by atoms with Crippen molar-refractivity contribution in [1.29, 1.82) is 0 Å². The Morgan fingerprint density at radius 2 is 2.13 bits per heavy atom. The number of aryl methyl sites for hydroxylation is 1. The smallest absolute Gasteiger partial charge is 0.303 e. The molecule has 0 aliphatic rings. The number of carboxylic acids is 1. The van der Waals surface area contributed by atoms with Gasteiger partial charge in [0.2, 0.25) is 0 Å². The first kappa shape index (κ1) is 12.0. The Bertz CT molecular complexity index is 352. The third kappa shape index (κ3) is 4.30. The molecule has 82 valence electrons. The predicted octanol–water partition coefficient (Wildman–Crippen LogP) is 3.28. The van der Waals surface area contributed by atoms with E-state index >= 15 is 0 Å². The van der Waals surface area contributed by atoms with Crippen LogP contribution in [0.5, 0.6) is 0 Å². The summed E-state index contributed by atoms with van der Waals surface area (Å²) in [5.41, 5.74) is 0.849. The molecule has 0 bridgehead atoms. The summed E-state index contributed by atoms with van der Waals surface area (Å²) in [6.07, 6.45) is 2.20. The number of carboxylic acid groups (broad SMARTS) is 1. The molecule has 1 N–H and O–H groups in total. The van der Waals surface area contributed by atoms with Gasteiger partial charge in [0.05, 0.1) is 5.02 Å². The van der Waals surface area contributed by atoms with Crippen molar-refractivity contribution in [3.05, 3.63) is 34.6 Å². The van der Waals surface area contributed by atoms with Gasteiger partial charge >= 0.3 is 5.97 Å². The van der Waals surface area contributed by atoms with Crippen molar-refractivity contribution in [2.45, 2.75) is 25.7 Å². The van der Waals surface area contributed by atoms with Gasteiger partial charge < -0.3 is 5.11 Å². The Hall–Kier alpha value is -1.09. The molecule has 0 fully saturated rings. The summed E-state index contributed by atoms with van der Waals surface area (Å²) in [6.45, 7) is 0. The van der Waals surface area contributed by atoms with Crippen molar-refractivity contribution in [2.24, 2.45) is 0 Å². The van der Waals surface area contributed by atoms with Gasteiger partial charge in [-0.1, -0.05) is 17.7 Å². The fourth-order valence-corrected chi connectivity index (χ4v) is 1.42. The van der Waals surface area contributed by atoms with E-state index in [1.165, 1.54) is 12.1 Å². The minimum Gasteiger partial charge on any atom is -0.481 e. The van der Waals surface area contributed by atoms with Gasteiger partial charge in [0, 0.05) is 6.42 Å². The second-order valence-corrected chi connectivity index (χ2v) is 3.76. The highest BCUT2D eigenvalue weighted by atomic mass is 35.5. The molecular weight excluding hydrogens is 219 g/mol. The van der Waals surface area contributed by atoms with Crippen LogP contribution < -0.4 is 0 Å². The number of benzene rings is 1. The van der Waals surface area contributed by atoms with Crippen molar-refractivity contribution < 1.29 is 14.3 Å². The van der Waals surface area contributed by atoms with Crippen molar-refractivity contribution in [3.63, 3.8) is 0 Å². The van der Waals surface area contributed by atoms with E-state index in [1.807, 2.05) is 0 Å². The Morgan fingerprint density at radius 1 is 1.40 bits per heavy atom. The standard InChI is InChI=1S/C11H12ClFO2/c12-9-6-5-8(7-10(9)13)3-1-2-4-11(14)15/h5-7H,1-4H2,(H,14,15). The maximum absolute atomic E-state index is 13.0. The summed E-state index contributed by atoms with van der Waals surface area (Å²) in [4.78, 5) is 10.2. The monoisotopic (exact) mass is 230 g/mol. The molecule has 0 amide bonds. The maximum Gasteiger partial charge on any atom is 0.303 e. The van der Waals surface area contributed by atoms with Gasteiger partial charge in [-0.05, 0) is 37.0 Å². The van der Waals surface area contributed by atoms with Crippen LogP contribution in [0.1, 0.15) is 24.8 Å². The van der Waals surface area contributed by atoms with Crippen molar-refractivity contribution in [1.82, 2.24) is 0 Å². The normalized spacial score (nSPS) is 10.3. The van der Waals surface area contributed by atoms with Crippen molar-refractivity contribution >= 4 is 17.6 Å². The molecule has 0 aromatic heterocycles. The van der Waals surface area contributed by atoms with Crippen LogP contribution in [0.25, 0.3) is 0 Å². The molecular formula is C11H12ClFO2. The zero-order valence-electron chi connectivity index (χ0n) is 8.17. The van der Waals surface area contributed by atoms with Crippen LogP contribution in [-0.2, 0) is 11.2 Å². The van der Waals surface area contributed by atoms with E-state index in [4.69, 9.17) is 16.7 Å². The lowest BCUT2D eigenvalue weighted by atomic mass is 10.1. The topological polar surface area (TPSA) is 37.3 Å². The molecule has 0 heterocycles. The van der Waals surface area contributed by atoms with Crippen LogP contribution in [0.15, 0.2) is 18.2 Å². The maximum atomic E-state index is 13.0. The Morgan fingerprint density at radius 3 is 2.73 bits per heavy atom. The van der Waals surface area contributed by atoms with Crippen LogP contribution in [0.4, 0.5) is 4.39 Å². The van der Waals surface area contributed by atoms with Crippen LogP contribution in [0.2, 0.25) is 5.02 Å². The van der Waals surface area contributed by atoms with E-state index in [2.05, 4.69) is 0 Å². The molecule has 0 unspecified atom stereocenters. The summed E-state index contributed by atoms with van der Waals surface area (Å²) in [7, 11) is 0. The van der Waals surface area contributed by atoms with Gasteiger partial charge in [0.15, 0.2) is 0 Å². The zero-order chi connectivity index (χ0) is 11.3. The molecule has 0 atom stereocenters. The molecule has 15 heavy (non-hydrogen) atoms. The van der Waals surface area contributed by atoms with Crippen LogP contribution in [-0.4, -0.2) is 11.1 Å². The van der Waals surface area contributed by atoms with E-state index in [9.17, 15) is 9.18 Å². The highest BCUT2D eigenvalue weighted by Gasteiger charge is 2.01. The molecule has 4 heteroatoms. The Kier molecular flexibility index (Phi) is 4.56. The third-order valence-electron chi connectivity index (χ3n) is 2.09. The van der Waals surface area contributed by atoms with E-state index in [0.29, 0.717) is 12.8 Å². The fraction of sp³-hybridized carbons (Fsp3) is 0.364. The minimum atomic E-state index is -0.794. The SMILES string of the molecule is O=C(O)CCCCc1ccc(Cl)c(F)c1. The number of aliphatic carboxylic acids is 1. The van der Waals surface area contributed by atoms with Gasteiger partial charge in [-0.25, -0.2) is 4.39 Å². The second kappa shape index (κ2) is 5.71. The van der Waals surface area contributed by atoms with Gasteiger partial charge in [-0.3, -0.25) is 4.79 Å². The van der Waals surface area contributed by atoms with Gasteiger partial charge in [0.1, 0.15) is 5.82 Å². The number of carbonyl (C=O) groups is 1. The third-order valence-corrected chi connectivity index (χ3v) is 2.40. The van der Waals surface area contributed by atoms with E-state index in [-0.39, 0.29) is 11.4 Å². The zero-order valence-corrected chi connectivity index (χ0v) is 8.93. The Balaban J connectivity index is 2.38. The predicted molar refractivity (Wildman–Crippen MR) is 56.6 cm³/mol. The summed E-state index contributed by atoms with van der Waals surface area (Å²) in [5.74, 6) is -1.22. The highest BCUT2D eigenvalue weighted by molar-refractivity contribution is 6.30. The van der Waals surface area contributed by atoms with Crippen molar-refractivity contribution in [3.8, 4) is 0 Å². The number of halogens is 2. The van der Waals surface area contributed by atoms with Gasteiger partial charge in [-0.2, -0.15) is 0 Å². The first-order valence-electron chi connectivity index (χ1n) is 4.75. The average Bonchev–Trinajstić information content (AvgIpc) is 2.18. The molecule has 2 nitrogen and oxygen atoms in total. The van der Waals surface area contributed by atoms with Crippen LogP contribution in [0, 0.1) is 5.82 Å². The fourth-order valence-electron chi connectivity index (χ4n) is 1.30. The molecule has 0 aliphatic carbocycles. The molecule has 0 spiro atoms. The lowest BCUT2D eigenvalue weighted by Crippen LogP contribution is -1.95. The Labute approximate surface area is 92.7 Å². The lowest BCUT2D eigenvalue weighted by Gasteiger charge is -2.01. The lowest BCUT2D eigenvalue weighted by molar-refractivity contribution is -0.137. The van der Waals surface area contributed by atoms with E-state index in [1.54, 1.807) is 6.07 Å². The molecule has 1 aromatic rings. The summed E-state index contributed by atoms with van der Waals surface area (Å²) >= 11 is 5.53. The number of rotatable bonds is 5.